The Morgan fingerprint density at radius 1 is 1.06 bits per heavy atom. The summed E-state index contributed by atoms with van der Waals surface area (Å²) >= 11 is 6.18. The van der Waals surface area contributed by atoms with E-state index in [1.165, 1.54) is 32.1 Å². The fraction of sp³-hybridized carbons (Fsp3) is 1.00. The van der Waals surface area contributed by atoms with Crippen molar-refractivity contribution in [1.29, 1.82) is 0 Å². The minimum Gasteiger partial charge on any atom is -0.391 e. The van der Waals surface area contributed by atoms with Crippen LogP contribution in [0.25, 0.3) is 0 Å². The largest absolute Gasteiger partial charge is 0.391 e. The van der Waals surface area contributed by atoms with Gasteiger partial charge in [0.25, 0.3) is 0 Å². The van der Waals surface area contributed by atoms with E-state index in [4.69, 9.17) is 11.6 Å². The highest BCUT2D eigenvalue weighted by atomic mass is 35.5. The number of halogens is 1. The van der Waals surface area contributed by atoms with Crippen molar-refractivity contribution in [2.75, 3.05) is 7.05 Å². The summed E-state index contributed by atoms with van der Waals surface area (Å²) in [6.07, 6.45) is 8.39. The number of nitrogens with zero attached hydrogens (tertiary/aromatic N) is 1. The van der Waals surface area contributed by atoms with Gasteiger partial charge in [0.15, 0.2) is 0 Å². The molecule has 2 aliphatic heterocycles. The van der Waals surface area contributed by atoms with Crippen LogP contribution in [0.15, 0.2) is 0 Å². The number of fused-ring (bicyclic) bond motifs is 2. The SMILES string of the molecule is CN1C2CC[C@@H]1[C@H](O)[C@H](C1CCC(Cl)CC1)C2. The third kappa shape index (κ3) is 2.13. The molecule has 3 aliphatic rings. The molecule has 0 aromatic carbocycles. The first kappa shape index (κ1) is 12.3. The van der Waals surface area contributed by atoms with Gasteiger partial charge in [-0.25, -0.2) is 0 Å². The van der Waals surface area contributed by atoms with Crippen LogP contribution in [0.3, 0.4) is 0 Å². The number of piperidine rings is 1. The monoisotopic (exact) mass is 257 g/mol. The highest BCUT2D eigenvalue weighted by Crippen LogP contribution is 2.44. The van der Waals surface area contributed by atoms with Crippen molar-refractivity contribution in [3.63, 3.8) is 0 Å². The van der Waals surface area contributed by atoms with E-state index in [9.17, 15) is 5.11 Å². The minimum atomic E-state index is -0.0874. The van der Waals surface area contributed by atoms with Crippen LogP contribution in [0.2, 0.25) is 0 Å². The molecule has 3 rings (SSSR count). The molecule has 17 heavy (non-hydrogen) atoms. The summed E-state index contributed by atoms with van der Waals surface area (Å²) in [5, 5.41) is 11.0. The second kappa shape index (κ2) is 4.71. The lowest BCUT2D eigenvalue weighted by Gasteiger charge is -2.45. The summed E-state index contributed by atoms with van der Waals surface area (Å²) in [5.74, 6) is 1.28. The number of alkyl halides is 1. The Morgan fingerprint density at radius 2 is 1.76 bits per heavy atom. The standard InChI is InChI=1S/C14H24ClNO/c1-16-11-6-7-13(16)14(17)12(8-11)9-2-4-10(15)5-3-9/h9-14,17H,2-8H2,1H3/t9?,10?,11?,12-,13+,14+/m0/s1. The topological polar surface area (TPSA) is 23.5 Å². The van der Waals surface area contributed by atoms with Gasteiger partial charge < -0.3 is 5.11 Å². The number of hydrogen-bond donors (Lipinski definition) is 1. The van der Waals surface area contributed by atoms with E-state index in [0.717, 1.165) is 24.8 Å². The van der Waals surface area contributed by atoms with Crippen molar-refractivity contribution in [3.05, 3.63) is 0 Å². The first-order chi connectivity index (χ1) is 8.16. The molecule has 1 aliphatic carbocycles. The molecule has 1 N–H and O–H groups in total. The van der Waals surface area contributed by atoms with Crippen molar-refractivity contribution >= 4 is 11.6 Å². The van der Waals surface area contributed by atoms with Crippen LogP contribution < -0.4 is 0 Å². The van der Waals surface area contributed by atoms with Crippen LogP contribution in [0.4, 0.5) is 0 Å². The van der Waals surface area contributed by atoms with Gasteiger partial charge in [0, 0.05) is 17.5 Å². The van der Waals surface area contributed by atoms with E-state index >= 15 is 0 Å². The number of aliphatic hydroxyl groups is 1. The highest BCUT2D eigenvalue weighted by molar-refractivity contribution is 6.20. The molecule has 3 fully saturated rings. The molecule has 0 aromatic heterocycles. The normalized spacial score (nSPS) is 51.7. The van der Waals surface area contributed by atoms with Crippen molar-refractivity contribution < 1.29 is 5.11 Å². The Labute approximate surface area is 109 Å². The number of aliphatic hydroxyl groups excluding tert-OH is 1. The van der Waals surface area contributed by atoms with E-state index in [1.54, 1.807) is 0 Å². The lowest BCUT2D eigenvalue weighted by molar-refractivity contribution is -0.0442. The maximum Gasteiger partial charge on any atom is 0.0726 e. The van der Waals surface area contributed by atoms with E-state index in [-0.39, 0.29) is 6.10 Å². The van der Waals surface area contributed by atoms with Gasteiger partial charge in [-0.15, -0.1) is 11.6 Å². The molecule has 2 saturated heterocycles. The average Bonchev–Trinajstić information content (AvgIpc) is 2.58. The number of hydrogen-bond acceptors (Lipinski definition) is 2. The predicted molar refractivity (Wildman–Crippen MR) is 70.3 cm³/mol. The summed E-state index contributed by atoms with van der Waals surface area (Å²) in [6.45, 7) is 0. The molecule has 2 bridgehead atoms. The van der Waals surface area contributed by atoms with Crippen LogP contribution >= 0.6 is 11.6 Å². The van der Waals surface area contributed by atoms with Crippen molar-refractivity contribution in [1.82, 2.24) is 4.90 Å². The van der Waals surface area contributed by atoms with E-state index in [0.29, 0.717) is 17.3 Å². The van der Waals surface area contributed by atoms with Crippen LogP contribution in [0, 0.1) is 11.8 Å². The van der Waals surface area contributed by atoms with Crippen LogP contribution in [0.1, 0.15) is 44.9 Å². The minimum absolute atomic E-state index is 0.0874. The van der Waals surface area contributed by atoms with Gasteiger partial charge in [0.1, 0.15) is 0 Å². The van der Waals surface area contributed by atoms with Gasteiger partial charge >= 0.3 is 0 Å². The molecule has 1 unspecified atom stereocenters. The maximum absolute atomic E-state index is 10.6. The van der Waals surface area contributed by atoms with Gasteiger partial charge in [0.2, 0.25) is 0 Å². The van der Waals surface area contributed by atoms with Crippen LogP contribution in [-0.2, 0) is 0 Å². The van der Waals surface area contributed by atoms with Gasteiger partial charge in [-0.05, 0) is 63.8 Å². The fourth-order valence-electron chi connectivity index (χ4n) is 4.45. The molecule has 1 saturated carbocycles. The van der Waals surface area contributed by atoms with Crippen molar-refractivity contribution in [2.45, 2.75) is 68.5 Å². The van der Waals surface area contributed by atoms with E-state index in [1.807, 2.05) is 0 Å². The third-order valence-electron chi connectivity index (χ3n) is 5.58. The first-order valence-electron chi connectivity index (χ1n) is 7.21. The summed E-state index contributed by atoms with van der Waals surface area (Å²) in [4.78, 5) is 2.42. The Hall–Kier alpha value is 0.210. The molecular formula is C14H24ClNO. The zero-order chi connectivity index (χ0) is 12.0. The predicted octanol–water partition coefficient (Wildman–Crippen LogP) is 2.63. The molecule has 2 nitrogen and oxygen atoms in total. The van der Waals surface area contributed by atoms with E-state index < -0.39 is 0 Å². The Kier molecular flexibility index (Phi) is 3.40. The van der Waals surface area contributed by atoms with Gasteiger partial charge in [-0.3, -0.25) is 4.90 Å². The fourth-order valence-corrected chi connectivity index (χ4v) is 4.71. The second-order valence-electron chi connectivity index (χ2n) is 6.37. The molecule has 0 radical (unpaired) electrons. The molecular weight excluding hydrogens is 234 g/mol. The first-order valence-corrected chi connectivity index (χ1v) is 7.64. The summed E-state index contributed by atoms with van der Waals surface area (Å²) in [5.41, 5.74) is 0. The zero-order valence-electron chi connectivity index (χ0n) is 10.7. The van der Waals surface area contributed by atoms with Crippen molar-refractivity contribution in [2.24, 2.45) is 11.8 Å². The molecule has 0 amide bonds. The van der Waals surface area contributed by atoms with Gasteiger partial charge in [0.05, 0.1) is 6.10 Å². The summed E-state index contributed by atoms with van der Waals surface area (Å²) in [7, 11) is 2.19. The highest BCUT2D eigenvalue weighted by Gasteiger charge is 2.47. The Morgan fingerprint density at radius 3 is 2.47 bits per heavy atom. The molecule has 98 valence electrons. The lowest BCUT2D eigenvalue weighted by Crippen LogP contribution is -2.52. The summed E-state index contributed by atoms with van der Waals surface area (Å²) in [6, 6.07) is 1.18. The van der Waals surface area contributed by atoms with Gasteiger partial charge in [-0.2, -0.15) is 0 Å². The van der Waals surface area contributed by atoms with Gasteiger partial charge in [-0.1, -0.05) is 0 Å². The maximum atomic E-state index is 10.6. The molecule has 2 heterocycles. The molecule has 0 aromatic rings. The lowest BCUT2D eigenvalue weighted by atomic mass is 9.72. The molecule has 0 spiro atoms. The Balaban J connectivity index is 1.68. The number of rotatable bonds is 1. The number of likely N-dealkylation sites (N-methyl/N-ethyl adjacent to an activating group) is 1. The summed E-state index contributed by atoms with van der Waals surface area (Å²) < 4.78 is 0. The Bertz CT molecular complexity index is 277. The van der Waals surface area contributed by atoms with Crippen LogP contribution in [-0.4, -0.2) is 40.6 Å². The average molecular weight is 258 g/mol. The van der Waals surface area contributed by atoms with Crippen LogP contribution in [0.5, 0.6) is 0 Å². The van der Waals surface area contributed by atoms with E-state index in [2.05, 4.69) is 11.9 Å². The zero-order valence-corrected chi connectivity index (χ0v) is 11.4. The molecule has 3 heteroatoms. The molecule has 4 atom stereocenters. The quantitative estimate of drug-likeness (QED) is 0.730. The second-order valence-corrected chi connectivity index (χ2v) is 6.98. The van der Waals surface area contributed by atoms with Crippen molar-refractivity contribution in [3.8, 4) is 0 Å². The third-order valence-corrected chi connectivity index (χ3v) is 6.02. The smallest absolute Gasteiger partial charge is 0.0726 e.